The van der Waals surface area contributed by atoms with Gasteiger partial charge in [0.25, 0.3) is 0 Å². The Kier molecular flexibility index (Phi) is 13.3. The van der Waals surface area contributed by atoms with Crippen LogP contribution in [0.15, 0.2) is 34.9 Å². The maximum Gasteiger partial charge on any atom is 0.389 e. The minimum atomic E-state index is -4.25. The lowest BCUT2D eigenvalue weighted by Crippen LogP contribution is -2.48. The van der Waals surface area contributed by atoms with E-state index in [9.17, 15) is 23.1 Å². The number of aliphatic carboxylic acids is 1. The Hall–Kier alpha value is -1.21. The number of carboxylic acids is 1. The summed E-state index contributed by atoms with van der Waals surface area (Å²) in [5, 5.41) is 9.62. The van der Waals surface area contributed by atoms with Gasteiger partial charge >= 0.3 is 12.1 Å². The molecular weight excluding hydrogens is 399 g/mol. The molecular formula is C22H36F3NO2S. The van der Waals surface area contributed by atoms with Gasteiger partial charge in [0.1, 0.15) is 6.04 Å². The van der Waals surface area contributed by atoms with E-state index in [1.807, 2.05) is 46.8 Å². The molecule has 0 amide bonds. The normalized spacial score (nSPS) is 15.4. The number of alkyl halides is 3. The number of carboxylic acid groups (broad SMARTS) is 1. The van der Waals surface area contributed by atoms with Gasteiger partial charge in [-0.15, -0.1) is 0 Å². The van der Waals surface area contributed by atoms with E-state index in [0.29, 0.717) is 6.42 Å². The van der Waals surface area contributed by atoms with Crippen molar-refractivity contribution < 1.29 is 23.1 Å². The summed E-state index contributed by atoms with van der Waals surface area (Å²) in [6, 6.07) is -1.23. The Bertz CT molecular complexity index is 593. The summed E-state index contributed by atoms with van der Waals surface area (Å²) in [5.41, 5.74) is 3.39. The van der Waals surface area contributed by atoms with Crippen LogP contribution in [0.1, 0.15) is 66.7 Å². The Morgan fingerprint density at radius 1 is 1.17 bits per heavy atom. The lowest BCUT2D eigenvalue weighted by Gasteiger charge is -2.35. The zero-order valence-corrected chi connectivity index (χ0v) is 19.1. The average molecular weight is 436 g/mol. The molecule has 0 aliphatic carbocycles. The van der Waals surface area contributed by atoms with Crippen LogP contribution in [0.3, 0.4) is 0 Å². The fourth-order valence-electron chi connectivity index (χ4n) is 3.06. The highest BCUT2D eigenvalue weighted by atomic mass is 32.1. The highest BCUT2D eigenvalue weighted by Crippen LogP contribution is 2.25. The fourth-order valence-corrected chi connectivity index (χ4v) is 3.43. The zero-order valence-electron chi connectivity index (χ0n) is 18.2. The molecule has 168 valence electrons. The third kappa shape index (κ3) is 12.9. The van der Waals surface area contributed by atoms with Crippen LogP contribution in [0.5, 0.6) is 0 Å². The van der Waals surface area contributed by atoms with E-state index in [1.54, 1.807) is 4.90 Å². The predicted octanol–water partition coefficient (Wildman–Crippen LogP) is 6.43. The molecule has 0 saturated heterocycles. The Balaban J connectivity index is 5.72. The first-order valence-electron chi connectivity index (χ1n) is 9.99. The minimum absolute atomic E-state index is 0.0391. The van der Waals surface area contributed by atoms with E-state index in [-0.39, 0.29) is 24.8 Å². The average Bonchev–Trinajstić information content (AvgIpc) is 2.58. The van der Waals surface area contributed by atoms with Crippen LogP contribution in [0.25, 0.3) is 0 Å². The predicted molar refractivity (Wildman–Crippen MR) is 118 cm³/mol. The van der Waals surface area contributed by atoms with Crippen LogP contribution >= 0.6 is 12.6 Å². The van der Waals surface area contributed by atoms with E-state index in [2.05, 4.69) is 18.7 Å². The first-order chi connectivity index (χ1) is 13.4. The quantitative estimate of drug-likeness (QED) is 0.259. The number of nitrogens with zero attached hydrogens (tertiary/aromatic N) is 1. The molecule has 29 heavy (non-hydrogen) atoms. The van der Waals surface area contributed by atoms with Crippen molar-refractivity contribution in [2.24, 2.45) is 0 Å². The molecule has 0 aliphatic heterocycles. The molecule has 0 heterocycles. The molecule has 0 aromatic carbocycles. The fraction of sp³-hybridized carbons (Fsp3) is 0.682. The molecule has 0 fully saturated rings. The summed E-state index contributed by atoms with van der Waals surface area (Å²) < 4.78 is 38.0. The molecule has 0 rings (SSSR count). The highest BCUT2D eigenvalue weighted by molar-refractivity contribution is 7.80. The van der Waals surface area contributed by atoms with Crippen molar-refractivity contribution in [3.63, 3.8) is 0 Å². The van der Waals surface area contributed by atoms with Gasteiger partial charge in [0.05, 0.1) is 0 Å². The summed E-state index contributed by atoms with van der Waals surface area (Å²) in [7, 11) is 0. The van der Waals surface area contributed by atoms with Crippen LogP contribution in [-0.4, -0.2) is 46.5 Å². The Morgan fingerprint density at radius 3 is 2.24 bits per heavy atom. The number of halogens is 3. The molecule has 0 aromatic heterocycles. The van der Waals surface area contributed by atoms with Crippen molar-refractivity contribution in [2.45, 2.75) is 85.0 Å². The first kappa shape index (κ1) is 27.8. The maximum atomic E-state index is 12.7. The van der Waals surface area contributed by atoms with Crippen molar-refractivity contribution >= 4 is 18.6 Å². The second-order valence-corrected chi connectivity index (χ2v) is 8.10. The van der Waals surface area contributed by atoms with Gasteiger partial charge in [0.15, 0.2) is 0 Å². The van der Waals surface area contributed by atoms with Crippen molar-refractivity contribution in [1.82, 2.24) is 4.90 Å². The standard InChI is InChI=1S/C22H36F3NO2S/c1-6-17(4)13-19(14-18(5)10-7-9-16(2)3)26(20(15-29)21(27)28)12-8-11-22(23,24)25/h6,9,14,19-20,29H,7-8,10-13,15H2,1-5H3,(H,27,28)/t19?,20-/m0/s1. The van der Waals surface area contributed by atoms with Gasteiger partial charge in [0.2, 0.25) is 0 Å². The van der Waals surface area contributed by atoms with Crippen LogP contribution in [0, 0.1) is 0 Å². The number of rotatable bonds is 13. The van der Waals surface area contributed by atoms with Crippen molar-refractivity contribution in [2.75, 3.05) is 12.3 Å². The lowest BCUT2D eigenvalue weighted by molar-refractivity contribution is -0.144. The molecule has 0 saturated carbocycles. The summed E-state index contributed by atoms with van der Waals surface area (Å²) >= 11 is 4.16. The lowest BCUT2D eigenvalue weighted by atomic mass is 9.99. The number of allylic oxidation sites excluding steroid dienone is 4. The van der Waals surface area contributed by atoms with E-state index < -0.39 is 24.6 Å². The number of hydrogen-bond donors (Lipinski definition) is 2. The molecule has 2 atom stereocenters. The summed E-state index contributed by atoms with van der Waals surface area (Å²) in [6.45, 7) is 9.95. The molecule has 7 heteroatoms. The summed E-state index contributed by atoms with van der Waals surface area (Å²) in [6.07, 6.45) is 3.05. The van der Waals surface area contributed by atoms with Gasteiger partial charge in [-0.2, -0.15) is 25.8 Å². The molecule has 1 N–H and O–H groups in total. The van der Waals surface area contributed by atoms with Crippen molar-refractivity contribution in [1.29, 1.82) is 0 Å². The van der Waals surface area contributed by atoms with Crippen LogP contribution in [0.2, 0.25) is 0 Å². The maximum absolute atomic E-state index is 12.7. The molecule has 0 aliphatic rings. The van der Waals surface area contributed by atoms with Gasteiger partial charge < -0.3 is 5.11 Å². The molecule has 1 unspecified atom stereocenters. The number of hydrogen-bond acceptors (Lipinski definition) is 3. The van der Waals surface area contributed by atoms with Gasteiger partial charge in [-0.25, -0.2) is 0 Å². The van der Waals surface area contributed by atoms with Crippen LogP contribution in [-0.2, 0) is 4.79 Å². The summed E-state index contributed by atoms with van der Waals surface area (Å²) in [5.74, 6) is -1.03. The smallest absolute Gasteiger partial charge is 0.389 e. The second-order valence-electron chi connectivity index (χ2n) is 7.73. The van der Waals surface area contributed by atoms with E-state index in [0.717, 1.165) is 24.0 Å². The third-order valence-electron chi connectivity index (χ3n) is 4.75. The molecule has 0 spiro atoms. The molecule has 3 nitrogen and oxygen atoms in total. The number of thiol groups is 1. The van der Waals surface area contributed by atoms with Gasteiger partial charge in [-0.3, -0.25) is 9.69 Å². The van der Waals surface area contributed by atoms with Crippen LogP contribution in [0.4, 0.5) is 13.2 Å². The third-order valence-corrected chi connectivity index (χ3v) is 5.10. The van der Waals surface area contributed by atoms with E-state index >= 15 is 0 Å². The SMILES string of the molecule is CC=C(C)CC(C=C(C)CCC=C(C)C)N(CCCC(F)(F)F)[C@@H](CS)C(=O)O. The minimum Gasteiger partial charge on any atom is -0.480 e. The topological polar surface area (TPSA) is 40.5 Å². The van der Waals surface area contributed by atoms with Gasteiger partial charge in [0, 0.05) is 18.2 Å². The number of carbonyl (C=O) groups is 1. The van der Waals surface area contributed by atoms with Gasteiger partial charge in [-0.05, 0) is 66.8 Å². The zero-order chi connectivity index (χ0) is 22.6. The highest BCUT2D eigenvalue weighted by Gasteiger charge is 2.32. The molecule has 0 bridgehead atoms. The van der Waals surface area contributed by atoms with Gasteiger partial charge in [-0.1, -0.05) is 34.9 Å². The Morgan fingerprint density at radius 2 is 1.79 bits per heavy atom. The van der Waals surface area contributed by atoms with Crippen molar-refractivity contribution in [3.8, 4) is 0 Å². The largest absolute Gasteiger partial charge is 0.480 e. The molecule has 0 aromatic rings. The van der Waals surface area contributed by atoms with E-state index in [1.165, 1.54) is 5.57 Å². The monoisotopic (exact) mass is 435 g/mol. The Labute approximate surface area is 179 Å². The second kappa shape index (κ2) is 13.9. The summed E-state index contributed by atoms with van der Waals surface area (Å²) in [4.78, 5) is 13.4. The first-order valence-corrected chi connectivity index (χ1v) is 10.6. The van der Waals surface area contributed by atoms with Crippen molar-refractivity contribution in [3.05, 3.63) is 34.9 Å². The van der Waals surface area contributed by atoms with Crippen LogP contribution < -0.4 is 0 Å². The molecule has 0 radical (unpaired) electrons. The van der Waals surface area contributed by atoms with E-state index in [4.69, 9.17) is 0 Å².